The first-order valence-corrected chi connectivity index (χ1v) is 3.30. The summed E-state index contributed by atoms with van der Waals surface area (Å²) in [6.07, 6.45) is 1.79. The van der Waals surface area contributed by atoms with Crippen molar-refractivity contribution in [1.29, 1.82) is 0 Å². The monoisotopic (exact) mass is 164 g/mol. The molecule has 1 saturated heterocycles. The van der Waals surface area contributed by atoms with Crippen LogP contribution < -0.4 is 11.1 Å². The van der Waals surface area contributed by atoms with E-state index in [9.17, 15) is 4.79 Å². The standard InChI is InChI=1S/C6H12N2O.ClH/c1-2-4-3-5(7)6(9)8-4;/h4-5H,2-3,7H2,1H3,(H,8,9);1H. The molecule has 10 heavy (non-hydrogen) atoms. The van der Waals surface area contributed by atoms with Gasteiger partial charge in [0.2, 0.25) is 5.91 Å². The Bertz CT molecular complexity index is 129. The van der Waals surface area contributed by atoms with Crippen molar-refractivity contribution in [2.45, 2.75) is 31.8 Å². The molecule has 0 aromatic carbocycles. The van der Waals surface area contributed by atoms with Gasteiger partial charge in [-0.1, -0.05) is 6.92 Å². The average molecular weight is 165 g/mol. The largest absolute Gasteiger partial charge is 0.352 e. The quantitative estimate of drug-likeness (QED) is 0.575. The molecule has 60 valence electrons. The summed E-state index contributed by atoms with van der Waals surface area (Å²) in [6.45, 7) is 2.04. The Labute approximate surface area is 66.8 Å². The van der Waals surface area contributed by atoms with Gasteiger partial charge < -0.3 is 11.1 Å². The minimum absolute atomic E-state index is 0. The first kappa shape index (κ1) is 9.72. The third kappa shape index (κ3) is 1.85. The van der Waals surface area contributed by atoms with Gasteiger partial charge in [-0.05, 0) is 12.8 Å². The molecule has 0 aromatic heterocycles. The van der Waals surface area contributed by atoms with Crippen molar-refractivity contribution in [1.82, 2.24) is 5.32 Å². The zero-order valence-corrected chi connectivity index (χ0v) is 6.78. The molecule has 1 amide bonds. The molecular weight excluding hydrogens is 152 g/mol. The molecule has 0 spiro atoms. The Kier molecular flexibility index (Phi) is 3.68. The van der Waals surface area contributed by atoms with E-state index in [4.69, 9.17) is 5.73 Å². The van der Waals surface area contributed by atoms with Crippen LogP contribution in [0.3, 0.4) is 0 Å². The lowest BCUT2D eigenvalue weighted by Gasteiger charge is -2.02. The van der Waals surface area contributed by atoms with Crippen LogP contribution in [0.5, 0.6) is 0 Å². The van der Waals surface area contributed by atoms with Crippen LogP contribution in [0, 0.1) is 0 Å². The van der Waals surface area contributed by atoms with E-state index in [0.717, 1.165) is 12.8 Å². The van der Waals surface area contributed by atoms with E-state index >= 15 is 0 Å². The lowest BCUT2D eigenvalue weighted by atomic mass is 10.1. The Morgan fingerprint density at radius 1 is 1.80 bits per heavy atom. The second-order valence-corrected chi connectivity index (χ2v) is 2.46. The maximum absolute atomic E-state index is 10.7. The molecule has 2 unspecified atom stereocenters. The minimum atomic E-state index is -0.255. The summed E-state index contributed by atoms with van der Waals surface area (Å²) < 4.78 is 0. The SMILES string of the molecule is CCC1CC(N)C(=O)N1.Cl. The van der Waals surface area contributed by atoms with Crippen molar-refractivity contribution < 1.29 is 4.79 Å². The number of nitrogens with two attached hydrogens (primary N) is 1. The summed E-state index contributed by atoms with van der Waals surface area (Å²) in [5.41, 5.74) is 5.43. The Morgan fingerprint density at radius 3 is 2.60 bits per heavy atom. The maximum atomic E-state index is 10.7. The highest BCUT2D eigenvalue weighted by molar-refractivity contribution is 5.85. The fraction of sp³-hybridized carbons (Fsp3) is 0.833. The van der Waals surface area contributed by atoms with Gasteiger partial charge in [-0.25, -0.2) is 0 Å². The van der Waals surface area contributed by atoms with Crippen LogP contribution >= 0.6 is 12.4 Å². The Hall–Kier alpha value is -0.280. The van der Waals surface area contributed by atoms with E-state index in [1.165, 1.54) is 0 Å². The van der Waals surface area contributed by atoms with Gasteiger partial charge in [0.05, 0.1) is 6.04 Å². The van der Waals surface area contributed by atoms with E-state index in [0.29, 0.717) is 6.04 Å². The number of carbonyl (C=O) groups excluding carboxylic acids is 1. The highest BCUT2D eigenvalue weighted by Crippen LogP contribution is 2.07. The van der Waals surface area contributed by atoms with Crippen molar-refractivity contribution in [3.05, 3.63) is 0 Å². The molecule has 4 heteroatoms. The molecule has 0 bridgehead atoms. The average Bonchev–Trinajstić information content (AvgIpc) is 2.13. The van der Waals surface area contributed by atoms with Gasteiger partial charge in [-0.2, -0.15) is 0 Å². The van der Waals surface area contributed by atoms with Crippen LogP contribution in [0.1, 0.15) is 19.8 Å². The molecule has 3 N–H and O–H groups in total. The molecule has 0 aliphatic carbocycles. The molecule has 1 aliphatic rings. The lowest BCUT2D eigenvalue weighted by Crippen LogP contribution is -2.31. The minimum Gasteiger partial charge on any atom is -0.352 e. The molecule has 3 nitrogen and oxygen atoms in total. The molecule has 1 aliphatic heterocycles. The van der Waals surface area contributed by atoms with Gasteiger partial charge >= 0.3 is 0 Å². The second kappa shape index (κ2) is 3.78. The number of rotatable bonds is 1. The van der Waals surface area contributed by atoms with Gasteiger partial charge in [0, 0.05) is 6.04 Å². The van der Waals surface area contributed by atoms with Crippen LogP contribution in [0.25, 0.3) is 0 Å². The van der Waals surface area contributed by atoms with Gasteiger partial charge in [-0.3, -0.25) is 4.79 Å². The third-order valence-corrected chi connectivity index (χ3v) is 1.71. The molecule has 1 heterocycles. The number of carbonyl (C=O) groups is 1. The Morgan fingerprint density at radius 2 is 2.40 bits per heavy atom. The van der Waals surface area contributed by atoms with Crippen LogP contribution in [0.2, 0.25) is 0 Å². The summed E-state index contributed by atoms with van der Waals surface area (Å²) in [7, 11) is 0. The van der Waals surface area contributed by atoms with E-state index in [1.54, 1.807) is 0 Å². The molecule has 0 radical (unpaired) electrons. The molecular formula is C6H13ClN2O. The Balaban J connectivity index is 0.000000810. The van der Waals surface area contributed by atoms with E-state index in [2.05, 4.69) is 5.32 Å². The van der Waals surface area contributed by atoms with Crippen LogP contribution in [0.15, 0.2) is 0 Å². The predicted octanol–water partition coefficient (Wildman–Crippen LogP) is 0.0340. The number of hydrogen-bond acceptors (Lipinski definition) is 2. The summed E-state index contributed by atoms with van der Waals surface area (Å²) in [5, 5.41) is 2.79. The summed E-state index contributed by atoms with van der Waals surface area (Å²) in [4.78, 5) is 10.7. The van der Waals surface area contributed by atoms with E-state index in [1.807, 2.05) is 6.92 Å². The molecule has 1 fully saturated rings. The normalized spacial score (nSPS) is 31.2. The summed E-state index contributed by atoms with van der Waals surface area (Å²) in [6, 6.07) is 0.0717. The number of amides is 1. The van der Waals surface area contributed by atoms with E-state index < -0.39 is 0 Å². The predicted molar refractivity (Wildman–Crippen MR) is 42.1 cm³/mol. The zero-order valence-electron chi connectivity index (χ0n) is 5.96. The van der Waals surface area contributed by atoms with Crippen LogP contribution in [0.4, 0.5) is 0 Å². The highest BCUT2D eigenvalue weighted by Gasteiger charge is 2.26. The number of halogens is 1. The fourth-order valence-corrected chi connectivity index (χ4v) is 1.05. The fourth-order valence-electron chi connectivity index (χ4n) is 1.05. The van der Waals surface area contributed by atoms with Crippen molar-refractivity contribution in [3.63, 3.8) is 0 Å². The van der Waals surface area contributed by atoms with Gasteiger partial charge in [-0.15, -0.1) is 12.4 Å². The van der Waals surface area contributed by atoms with Crippen molar-refractivity contribution in [2.24, 2.45) is 5.73 Å². The topological polar surface area (TPSA) is 55.1 Å². The summed E-state index contributed by atoms with van der Waals surface area (Å²) in [5.74, 6) is 0.00171. The third-order valence-electron chi connectivity index (χ3n) is 1.71. The van der Waals surface area contributed by atoms with Crippen molar-refractivity contribution in [2.75, 3.05) is 0 Å². The molecule has 1 rings (SSSR count). The molecule has 0 saturated carbocycles. The van der Waals surface area contributed by atoms with Gasteiger partial charge in [0.15, 0.2) is 0 Å². The van der Waals surface area contributed by atoms with Crippen molar-refractivity contribution in [3.8, 4) is 0 Å². The number of nitrogens with one attached hydrogen (secondary N) is 1. The van der Waals surface area contributed by atoms with Crippen LogP contribution in [-0.4, -0.2) is 18.0 Å². The lowest BCUT2D eigenvalue weighted by molar-refractivity contribution is -0.120. The molecule has 2 atom stereocenters. The first-order chi connectivity index (χ1) is 4.24. The second-order valence-electron chi connectivity index (χ2n) is 2.46. The highest BCUT2D eigenvalue weighted by atomic mass is 35.5. The maximum Gasteiger partial charge on any atom is 0.237 e. The van der Waals surface area contributed by atoms with Gasteiger partial charge in [0.1, 0.15) is 0 Å². The van der Waals surface area contributed by atoms with Crippen LogP contribution in [-0.2, 0) is 4.79 Å². The van der Waals surface area contributed by atoms with Gasteiger partial charge in [0.25, 0.3) is 0 Å². The first-order valence-electron chi connectivity index (χ1n) is 3.30. The number of hydrogen-bond donors (Lipinski definition) is 2. The van der Waals surface area contributed by atoms with E-state index in [-0.39, 0.29) is 24.4 Å². The zero-order chi connectivity index (χ0) is 6.85. The molecule has 0 aromatic rings. The van der Waals surface area contributed by atoms with Crippen molar-refractivity contribution >= 4 is 18.3 Å². The smallest absolute Gasteiger partial charge is 0.237 e. The summed E-state index contributed by atoms with van der Waals surface area (Å²) >= 11 is 0.